The predicted octanol–water partition coefficient (Wildman–Crippen LogP) is 4.63. The lowest BCUT2D eigenvalue weighted by Crippen LogP contribution is -2.04. The monoisotopic (exact) mass is 359 g/mol. The van der Waals surface area contributed by atoms with Crippen molar-refractivity contribution in [2.45, 2.75) is 12.3 Å². The molecule has 0 bridgehead atoms. The number of halogens is 2. The molecule has 4 heteroatoms. The van der Waals surface area contributed by atoms with Crippen LogP contribution in [0.15, 0.2) is 40.3 Å². The summed E-state index contributed by atoms with van der Waals surface area (Å²) in [6.07, 6.45) is 2.87. The van der Waals surface area contributed by atoms with Crippen molar-refractivity contribution >= 4 is 43.2 Å². The fourth-order valence-electron chi connectivity index (χ4n) is 1.56. The van der Waals surface area contributed by atoms with E-state index in [1.807, 2.05) is 11.6 Å². The summed E-state index contributed by atoms with van der Waals surface area (Å²) in [5.74, 6) is 0.499. The molecule has 0 aliphatic carbocycles. The van der Waals surface area contributed by atoms with E-state index in [0.29, 0.717) is 5.92 Å². The van der Waals surface area contributed by atoms with Crippen LogP contribution in [0.2, 0.25) is 0 Å². The molecular formula is C12H11Br2NS. The molecule has 2 rings (SSSR count). The summed E-state index contributed by atoms with van der Waals surface area (Å²) in [5, 5.41) is 4.20. The van der Waals surface area contributed by atoms with Crippen molar-refractivity contribution in [3.8, 4) is 0 Å². The van der Waals surface area contributed by atoms with Gasteiger partial charge in [0.25, 0.3) is 0 Å². The third kappa shape index (κ3) is 3.15. The van der Waals surface area contributed by atoms with Crippen LogP contribution in [0.3, 0.4) is 0 Å². The van der Waals surface area contributed by atoms with Gasteiger partial charge in [-0.1, -0.05) is 44.0 Å². The smallest absolute Gasteiger partial charge is 0.0931 e. The molecule has 0 saturated heterocycles. The summed E-state index contributed by atoms with van der Waals surface area (Å²) in [7, 11) is 0. The number of nitrogens with zero attached hydrogens (tertiary/aromatic N) is 1. The summed E-state index contributed by atoms with van der Waals surface area (Å²) < 4.78 is 1.12. The summed E-state index contributed by atoms with van der Waals surface area (Å²) in [6.45, 7) is 0. The second-order valence-corrected chi connectivity index (χ2v) is 6.08. The molecule has 1 atom stereocenters. The van der Waals surface area contributed by atoms with Gasteiger partial charge in [-0.25, -0.2) is 4.98 Å². The first-order chi connectivity index (χ1) is 7.79. The van der Waals surface area contributed by atoms with Crippen molar-refractivity contribution < 1.29 is 0 Å². The lowest BCUT2D eigenvalue weighted by atomic mass is 9.98. The van der Waals surface area contributed by atoms with Crippen LogP contribution in [-0.4, -0.2) is 10.3 Å². The quantitative estimate of drug-likeness (QED) is 0.724. The van der Waals surface area contributed by atoms with E-state index in [-0.39, 0.29) is 0 Å². The van der Waals surface area contributed by atoms with E-state index < -0.39 is 0 Å². The lowest BCUT2D eigenvalue weighted by Gasteiger charge is -2.12. The van der Waals surface area contributed by atoms with Crippen molar-refractivity contribution in [1.82, 2.24) is 4.98 Å². The molecule has 0 spiro atoms. The normalized spacial score (nSPS) is 12.6. The van der Waals surface area contributed by atoms with Gasteiger partial charge in [0.15, 0.2) is 0 Å². The Morgan fingerprint density at radius 1 is 1.25 bits per heavy atom. The van der Waals surface area contributed by atoms with E-state index in [1.165, 1.54) is 10.6 Å². The number of hydrogen-bond acceptors (Lipinski definition) is 2. The molecule has 1 aromatic carbocycles. The topological polar surface area (TPSA) is 12.9 Å². The highest BCUT2D eigenvalue weighted by molar-refractivity contribution is 9.10. The minimum Gasteiger partial charge on any atom is -0.250 e. The third-order valence-corrected chi connectivity index (χ3v) is 4.54. The zero-order valence-corrected chi connectivity index (χ0v) is 12.6. The largest absolute Gasteiger partial charge is 0.250 e. The highest BCUT2D eigenvalue weighted by Crippen LogP contribution is 2.25. The first-order valence-electron chi connectivity index (χ1n) is 4.99. The maximum atomic E-state index is 4.34. The number of rotatable bonds is 4. The number of benzene rings is 1. The average Bonchev–Trinajstić information content (AvgIpc) is 2.80. The van der Waals surface area contributed by atoms with Crippen molar-refractivity contribution in [2.75, 3.05) is 5.33 Å². The van der Waals surface area contributed by atoms with Crippen LogP contribution in [0, 0.1) is 0 Å². The molecule has 0 N–H and O–H groups in total. The maximum Gasteiger partial charge on any atom is 0.0931 e. The standard InChI is InChI=1S/C12H11Br2NS/c13-8-10(7-12-15-5-6-16-12)9-1-3-11(14)4-2-9/h1-6,10H,7-8H2. The van der Waals surface area contributed by atoms with Crippen LogP contribution in [0.5, 0.6) is 0 Å². The van der Waals surface area contributed by atoms with Crippen molar-refractivity contribution in [1.29, 1.82) is 0 Å². The van der Waals surface area contributed by atoms with E-state index in [4.69, 9.17) is 0 Å². The van der Waals surface area contributed by atoms with Gasteiger partial charge >= 0.3 is 0 Å². The van der Waals surface area contributed by atoms with Gasteiger partial charge in [0.2, 0.25) is 0 Å². The van der Waals surface area contributed by atoms with E-state index in [9.17, 15) is 0 Å². The second kappa shape index (κ2) is 5.94. The van der Waals surface area contributed by atoms with Gasteiger partial charge in [-0.3, -0.25) is 0 Å². The number of hydrogen-bond donors (Lipinski definition) is 0. The Hall–Kier alpha value is -0.190. The summed E-state index contributed by atoms with van der Waals surface area (Å²) in [6, 6.07) is 8.52. The molecule has 1 unspecified atom stereocenters. The zero-order valence-electron chi connectivity index (χ0n) is 8.57. The van der Waals surface area contributed by atoms with Gasteiger partial charge in [-0.05, 0) is 23.6 Å². The van der Waals surface area contributed by atoms with Crippen molar-refractivity contribution in [3.05, 3.63) is 50.9 Å². The first-order valence-corrected chi connectivity index (χ1v) is 7.79. The molecule has 1 heterocycles. The molecule has 0 saturated carbocycles. The molecule has 0 fully saturated rings. The Morgan fingerprint density at radius 2 is 2.00 bits per heavy atom. The lowest BCUT2D eigenvalue weighted by molar-refractivity contribution is 0.770. The fraction of sp³-hybridized carbons (Fsp3) is 0.250. The summed E-state index contributed by atoms with van der Waals surface area (Å²) in [5.41, 5.74) is 1.36. The molecule has 2 aromatic rings. The van der Waals surface area contributed by atoms with Gasteiger partial charge in [0.1, 0.15) is 0 Å². The zero-order chi connectivity index (χ0) is 11.4. The number of aromatic nitrogens is 1. The fourth-order valence-corrected chi connectivity index (χ4v) is 3.13. The molecule has 1 aromatic heterocycles. The van der Waals surface area contributed by atoms with E-state index >= 15 is 0 Å². The Labute approximate surface area is 116 Å². The Balaban J connectivity index is 2.13. The van der Waals surface area contributed by atoms with Crippen LogP contribution >= 0.6 is 43.2 Å². The van der Waals surface area contributed by atoms with Crippen LogP contribution < -0.4 is 0 Å². The summed E-state index contributed by atoms with van der Waals surface area (Å²) >= 11 is 8.76. The molecule has 0 aliphatic heterocycles. The van der Waals surface area contributed by atoms with E-state index in [0.717, 1.165) is 16.2 Å². The predicted molar refractivity (Wildman–Crippen MR) is 76.5 cm³/mol. The van der Waals surface area contributed by atoms with Crippen LogP contribution in [0.4, 0.5) is 0 Å². The van der Waals surface area contributed by atoms with E-state index in [2.05, 4.69) is 61.1 Å². The molecule has 16 heavy (non-hydrogen) atoms. The highest BCUT2D eigenvalue weighted by Gasteiger charge is 2.12. The van der Waals surface area contributed by atoms with E-state index in [1.54, 1.807) is 11.3 Å². The highest BCUT2D eigenvalue weighted by atomic mass is 79.9. The van der Waals surface area contributed by atoms with Crippen molar-refractivity contribution in [3.63, 3.8) is 0 Å². The van der Waals surface area contributed by atoms with Gasteiger partial charge < -0.3 is 0 Å². The Morgan fingerprint density at radius 3 is 2.56 bits per heavy atom. The molecular weight excluding hydrogens is 350 g/mol. The van der Waals surface area contributed by atoms with Gasteiger partial charge in [0, 0.05) is 27.8 Å². The number of thiazole rings is 1. The minimum absolute atomic E-state index is 0.499. The van der Waals surface area contributed by atoms with Crippen LogP contribution in [0.25, 0.3) is 0 Å². The van der Waals surface area contributed by atoms with Crippen molar-refractivity contribution in [2.24, 2.45) is 0 Å². The SMILES string of the molecule is BrCC(Cc1nccs1)c1ccc(Br)cc1. The maximum absolute atomic E-state index is 4.34. The van der Waals surface area contributed by atoms with Crippen LogP contribution in [0.1, 0.15) is 16.5 Å². The molecule has 0 amide bonds. The Bertz CT molecular complexity index is 425. The Kier molecular flexibility index (Phi) is 4.55. The van der Waals surface area contributed by atoms with Gasteiger partial charge in [-0.2, -0.15) is 0 Å². The first kappa shape index (κ1) is 12.3. The number of alkyl halides is 1. The molecule has 84 valence electrons. The molecule has 1 nitrogen and oxygen atoms in total. The van der Waals surface area contributed by atoms with Gasteiger partial charge in [0.05, 0.1) is 5.01 Å². The average molecular weight is 361 g/mol. The second-order valence-electron chi connectivity index (χ2n) is 3.53. The molecule has 0 radical (unpaired) electrons. The van der Waals surface area contributed by atoms with Gasteiger partial charge in [-0.15, -0.1) is 11.3 Å². The molecule has 0 aliphatic rings. The summed E-state index contributed by atoms with van der Waals surface area (Å²) in [4.78, 5) is 4.34. The minimum atomic E-state index is 0.499. The van der Waals surface area contributed by atoms with Crippen LogP contribution in [-0.2, 0) is 6.42 Å². The third-order valence-electron chi connectivity index (χ3n) is 2.43.